The van der Waals surface area contributed by atoms with Gasteiger partial charge in [0.15, 0.2) is 0 Å². The van der Waals surface area contributed by atoms with E-state index in [1.807, 2.05) is 32.5 Å². The quantitative estimate of drug-likeness (QED) is 0.812. The fourth-order valence-electron chi connectivity index (χ4n) is 3.13. The minimum absolute atomic E-state index is 0.171. The molecule has 1 aromatic rings. The number of carbonyl (C=O) groups excluding carboxylic acids is 1. The van der Waals surface area contributed by atoms with Crippen molar-refractivity contribution in [2.45, 2.75) is 78.1 Å². The summed E-state index contributed by atoms with van der Waals surface area (Å²) in [5.41, 5.74) is 1.56. The lowest BCUT2D eigenvalue weighted by Crippen LogP contribution is -2.49. The molecule has 0 aromatic carbocycles. The second kappa shape index (κ2) is 7.77. The van der Waals surface area contributed by atoms with Gasteiger partial charge in [0.1, 0.15) is 5.60 Å². The van der Waals surface area contributed by atoms with Crippen molar-refractivity contribution >= 4 is 6.09 Å². The van der Waals surface area contributed by atoms with Gasteiger partial charge in [-0.1, -0.05) is 13.8 Å². The molecule has 0 spiro atoms. The van der Waals surface area contributed by atoms with E-state index in [4.69, 9.17) is 9.47 Å². The molecule has 1 aliphatic heterocycles. The highest BCUT2D eigenvalue weighted by atomic mass is 16.6. The Morgan fingerprint density at radius 2 is 1.92 bits per heavy atom. The Bertz CT molecular complexity index is 581. The third-order valence-corrected chi connectivity index (χ3v) is 4.89. The number of hydrogen-bond donors (Lipinski definition) is 0. The van der Waals surface area contributed by atoms with Crippen molar-refractivity contribution < 1.29 is 14.3 Å². The minimum atomic E-state index is -0.455. The molecule has 0 unspecified atom stereocenters. The van der Waals surface area contributed by atoms with E-state index in [-0.39, 0.29) is 11.7 Å². The summed E-state index contributed by atoms with van der Waals surface area (Å²) in [5, 5.41) is 4.48. The summed E-state index contributed by atoms with van der Waals surface area (Å²) in [5.74, 6) is 0. The molecule has 25 heavy (non-hydrogen) atoms. The molecule has 1 fully saturated rings. The smallest absolute Gasteiger partial charge is 0.410 e. The van der Waals surface area contributed by atoms with Gasteiger partial charge in [-0.2, -0.15) is 5.10 Å². The van der Waals surface area contributed by atoms with Gasteiger partial charge in [-0.05, 0) is 52.5 Å². The molecule has 0 atom stereocenters. The Morgan fingerprint density at radius 1 is 1.28 bits per heavy atom. The van der Waals surface area contributed by atoms with Crippen molar-refractivity contribution in [3.05, 3.63) is 17.5 Å². The van der Waals surface area contributed by atoms with Crippen LogP contribution in [-0.4, -0.2) is 45.1 Å². The molecule has 0 saturated carbocycles. The molecule has 1 saturated heterocycles. The number of nitrogens with zero attached hydrogens (tertiary/aromatic N) is 3. The summed E-state index contributed by atoms with van der Waals surface area (Å²) >= 11 is 0. The molecule has 1 aromatic heterocycles. The van der Waals surface area contributed by atoms with Gasteiger partial charge in [-0.3, -0.25) is 4.68 Å². The van der Waals surface area contributed by atoms with E-state index in [2.05, 4.69) is 25.0 Å². The number of hydrogen-bond acceptors (Lipinski definition) is 4. The zero-order chi connectivity index (χ0) is 18.7. The van der Waals surface area contributed by atoms with Gasteiger partial charge in [0.05, 0.1) is 23.6 Å². The lowest BCUT2D eigenvalue weighted by atomic mass is 9.88. The van der Waals surface area contributed by atoms with Crippen LogP contribution in [0.1, 0.15) is 65.3 Å². The van der Waals surface area contributed by atoms with Crippen molar-refractivity contribution in [1.82, 2.24) is 14.7 Å². The van der Waals surface area contributed by atoms with Crippen LogP contribution < -0.4 is 0 Å². The summed E-state index contributed by atoms with van der Waals surface area (Å²) in [4.78, 5) is 14.0. The Balaban J connectivity index is 1.92. The number of carbonyl (C=O) groups is 1. The zero-order valence-corrected chi connectivity index (χ0v) is 16.6. The molecule has 6 nitrogen and oxygen atoms in total. The van der Waals surface area contributed by atoms with Crippen LogP contribution in [0.25, 0.3) is 0 Å². The fraction of sp³-hybridized carbons (Fsp3) is 0.789. The van der Waals surface area contributed by atoms with Gasteiger partial charge in [0, 0.05) is 20.1 Å². The SMILES string of the molecule is CCc1cc(COC2(CC)CCN(C(=O)OC(C)(C)C)CC2)n(C)n1. The fourth-order valence-corrected chi connectivity index (χ4v) is 3.13. The van der Waals surface area contributed by atoms with Crippen molar-refractivity contribution in [2.75, 3.05) is 13.1 Å². The predicted octanol–water partition coefficient (Wildman–Crippen LogP) is 3.68. The van der Waals surface area contributed by atoms with Crippen molar-refractivity contribution in [1.29, 1.82) is 0 Å². The predicted molar refractivity (Wildman–Crippen MR) is 97.4 cm³/mol. The van der Waals surface area contributed by atoms with Crippen LogP contribution in [0.4, 0.5) is 4.79 Å². The zero-order valence-electron chi connectivity index (χ0n) is 16.6. The Hall–Kier alpha value is -1.56. The highest BCUT2D eigenvalue weighted by Crippen LogP contribution is 2.31. The van der Waals surface area contributed by atoms with Crippen LogP contribution in [0, 0.1) is 0 Å². The van der Waals surface area contributed by atoms with E-state index in [1.54, 1.807) is 4.90 Å². The van der Waals surface area contributed by atoms with Crippen LogP contribution in [-0.2, 0) is 29.5 Å². The maximum absolute atomic E-state index is 12.2. The monoisotopic (exact) mass is 351 g/mol. The molecule has 0 radical (unpaired) electrons. The molecule has 6 heteroatoms. The first kappa shape index (κ1) is 19.8. The number of aromatic nitrogens is 2. The Labute approximate surface area is 151 Å². The van der Waals surface area contributed by atoms with Gasteiger partial charge in [-0.15, -0.1) is 0 Å². The molecule has 0 bridgehead atoms. The van der Waals surface area contributed by atoms with Gasteiger partial charge in [0.25, 0.3) is 0 Å². The lowest BCUT2D eigenvalue weighted by Gasteiger charge is -2.41. The van der Waals surface area contributed by atoms with Gasteiger partial charge < -0.3 is 14.4 Å². The number of amides is 1. The van der Waals surface area contributed by atoms with Gasteiger partial charge in [0.2, 0.25) is 0 Å². The first-order chi connectivity index (χ1) is 11.7. The topological polar surface area (TPSA) is 56.6 Å². The number of rotatable bonds is 5. The van der Waals surface area contributed by atoms with Crippen LogP contribution >= 0.6 is 0 Å². The molecule has 1 amide bonds. The van der Waals surface area contributed by atoms with E-state index >= 15 is 0 Å². The van der Waals surface area contributed by atoms with Crippen molar-refractivity contribution in [2.24, 2.45) is 7.05 Å². The van der Waals surface area contributed by atoms with Crippen molar-refractivity contribution in [3.63, 3.8) is 0 Å². The lowest BCUT2D eigenvalue weighted by molar-refractivity contribution is -0.0970. The summed E-state index contributed by atoms with van der Waals surface area (Å²) < 4.78 is 13.7. The first-order valence-electron chi connectivity index (χ1n) is 9.31. The normalized spacial score (nSPS) is 17.6. The van der Waals surface area contributed by atoms with Crippen LogP contribution in [0.15, 0.2) is 6.07 Å². The molecule has 2 rings (SSSR count). The third kappa shape index (κ3) is 5.21. The second-order valence-corrected chi connectivity index (χ2v) is 7.90. The summed E-state index contributed by atoms with van der Waals surface area (Å²) in [6, 6.07) is 2.11. The standard InChI is InChI=1S/C19H33N3O3/c1-7-15-13-16(21(6)20-15)14-24-19(8-2)9-11-22(12-10-19)17(23)25-18(3,4)5/h13H,7-12,14H2,1-6H3. The molecule has 2 heterocycles. The van der Waals surface area contributed by atoms with E-state index in [1.165, 1.54) is 0 Å². The second-order valence-electron chi connectivity index (χ2n) is 7.90. The molecular weight excluding hydrogens is 318 g/mol. The molecule has 142 valence electrons. The van der Waals surface area contributed by atoms with Gasteiger partial charge >= 0.3 is 6.09 Å². The molecule has 1 aliphatic rings. The largest absolute Gasteiger partial charge is 0.444 e. The third-order valence-electron chi connectivity index (χ3n) is 4.89. The minimum Gasteiger partial charge on any atom is -0.444 e. The van der Waals surface area contributed by atoms with E-state index in [0.717, 1.165) is 37.1 Å². The number of ether oxygens (including phenoxy) is 2. The number of likely N-dealkylation sites (tertiary alicyclic amines) is 1. The average molecular weight is 351 g/mol. The number of piperidine rings is 1. The molecule has 0 aliphatic carbocycles. The summed E-state index contributed by atoms with van der Waals surface area (Å²) in [6.07, 6.45) is 3.31. The van der Waals surface area contributed by atoms with Crippen molar-refractivity contribution in [3.8, 4) is 0 Å². The van der Waals surface area contributed by atoms with Crippen LogP contribution in [0.3, 0.4) is 0 Å². The highest BCUT2D eigenvalue weighted by molar-refractivity contribution is 5.68. The molecular formula is C19H33N3O3. The molecule has 0 N–H and O–H groups in total. The van der Waals surface area contributed by atoms with E-state index in [0.29, 0.717) is 19.7 Å². The average Bonchev–Trinajstić information content (AvgIpc) is 2.92. The van der Waals surface area contributed by atoms with E-state index < -0.39 is 5.60 Å². The van der Waals surface area contributed by atoms with Crippen LogP contribution in [0.2, 0.25) is 0 Å². The van der Waals surface area contributed by atoms with E-state index in [9.17, 15) is 4.79 Å². The highest BCUT2D eigenvalue weighted by Gasteiger charge is 2.36. The van der Waals surface area contributed by atoms with Gasteiger partial charge in [-0.25, -0.2) is 4.79 Å². The van der Waals surface area contributed by atoms with Crippen LogP contribution in [0.5, 0.6) is 0 Å². The summed E-state index contributed by atoms with van der Waals surface area (Å²) in [7, 11) is 1.96. The number of aryl methyl sites for hydroxylation is 2. The first-order valence-corrected chi connectivity index (χ1v) is 9.31. The maximum Gasteiger partial charge on any atom is 0.410 e. The Kier molecular flexibility index (Phi) is 6.14. The Morgan fingerprint density at radius 3 is 2.40 bits per heavy atom. The summed E-state index contributed by atoms with van der Waals surface area (Å²) in [6.45, 7) is 11.9. The maximum atomic E-state index is 12.2.